The Morgan fingerprint density at radius 1 is 1.26 bits per heavy atom. The van der Waals surface area contributed by atoms with E-state index in [1.165, 1.54) is 38.2 Å². The first-order chi connectivity index (χ1) is 14.7. The molecule has 2 N–H and O–H groups in total. The molecule has 0 aromatic carbocycles. The van der Waals surface area contributed by atoms with E-state index >= 15 is 0 Å². The van der Waals surface area contributed by atoms with Gasteiger partial charge in [0.05, 0.1) is 13.2 Å². The number of aromatic nitrogens is 1. The standard InChI is InChI=1S/C22H35FN6O.HI/c1-24-21(27-18-7-11-28(16-18)20-19(23)6-5-10-25-20)26-17-22(8-3-2-4-9-22)29-12-14-30-15-13-29;/h5-6,10,18H,2-4,7-9,11-17H2,1H3,(H2,24,26,27);1H. The summed E-state index contributed by atoms with van der Waals surface area (Å²) in [6, 6.07) is 3.33. The van der Waals surface area contributed by atoms with Crippen molar-refractivity contribution in [2.45, 2.75) is 50.1 Å². The van der Waals surface area contributed by atoms with Crippen molar-refractivity contribution in [3.63, 3.8) is 0 Å². The molecule has 3 fully saturated rings. The van der Waals surface area contributed by atoms with E-state index in [1.807, 2.05) is 11.9 Å². The van der Waals surface area contributed by atoms with Gasteiger partial charge in [-0.15, -0.1) is 24.0 Å². The highest BCUT2D eigenvalue weighted by Crippen LogP contribution is 2.34. The summed E-state index contributed by atoms with van der Waals surface area (Å²) in [6.45, 7) is 6.11. The van der Waals surface area contributed by atoms with Gasteiger partial charge in [-0.1, -0.05) is 19.3 Å². The van der Waals surface area contributed by atoms with E-state index in [0.29, 0.717) is 5.82 Å². The lowest BCUT2D eigenvalue weighted by Crippen LogP contribution is -2.61. The van der Waals surface area contributed by atoms with Crippen LogP contribution in [0.1, 0.15) is 38.5 Å². The molecular formula is C22H36FIN6O. The average molecular weight is 546 g/mol. The van der Waals surface area contributed by atoms with Crippen LogP contribution in [0.2, 0.25) is 0 Å². The molecule has 174 valence electrons. The third-order valence-electron chi connectivity index (χ3n) is 6.84. The first-order valence-electron chi connectivity index (χ1n) is 11.4. The number of aliphatic imine (C=N–C) groups is 1. The van der Waals surface area contributed by atoms with Gasteiger partial charge in [-0.2, -0.15) is 0 Å². The summed E-state index contributed by atoms with van der Waals surface area (Å²) in [5.41, 5.74) is 0.193. The predicted octanol–water partition coefficient (Wildman–Crippen LogP) is 2.62. The van der Waals surface area contributed by atoms with Crippen molar-refractivity contribution < 1.29 is 9.13 Å². The van der Waals surface area contributed by atoms with Crippen molar-refractivity contribution in [2.24, 2.45) is 4.99 Å². The van der Waals surface area contributed by atoms with Gasteiger partial charge in [-0.25, -0.2) is 9.37 Å². The molecule has 0 radical (unpaired) electrons. The fourth-order valence-electron chi connectivity index (χ4n) is 5.17. The summed E-state index contributed by atoms with van der Waals surface area (Å²) < 4.78 is 19.7. The number of hydrogen-bond donors (Lipinski definition) is 2. The van der Waals surface area contributed by atoms with Gasteiger partial charge in [-0.3, -0.25) is 9.89 Å². The van der Waals surface area contributed by atoms with Gasteiger partial charge >= 0.3 is 0 Å². The summed E-state index contributed by atoms with van der Waals surface area (Å²) >= 11 is 0. The molecule has 0 bridgehead atoms. The Labute approximate surface area is 202 Å². The topological polar surface area (TPSA) is 65.0 Å². The number of hydrogen-bond acceptors (Lipinski definition) is 5. The molecule has 1 unspecified atom stereocenters. The molecule has 31 heavy (non-hydrogen) atoms. The van der Waals surface area contributed by atoms with Crippen LogP contribution in [0.3, 0.4) is 0 Å². The van der Waals surface area contributed by atoms with E-state index in [9.17, 15) is 4.39 Å². The van der Waals surface area contributed by atoms with Gasteiger partial charge in [0, 0.05) is 57.5 Å². The molecule has 2 aliphatic heterocycles. The molecule has 1 aromatic rings. The third-order valence-corrected chi connectivity index (χ3v) is 6.84. The number of halogens is 2. The molecule has 1 atom stereocenters. The van der Waals surface area contributed by atoms with Crippen molar-refractivity contribution in [1.82, 2.24) is 20.5 Å². The summed E-state index contributed by atoms with van der Waals surface area (Å²) in [6.07, 6.45) is 8.96. The van der Waals surface area contributed by atoms with Crippen LogP contribution in [0.15, 0.2) is 23.3 Å². The number of anilines is 1. The first-order valence-corrected chi connectivity index (χ1v) is 11.4. The summed E-state index contributed by atoms with van der Waals surface area (Å²) in [5.74, 6) is 1.02. The van der Waals surface area contributed by atoms with Gasteiger partial charge in [0.2, 0.25) is 0 Å². The van der Waals surface area contributed by atoms with E-state index in [2.05, 4.69) is 25.5 Å². The summed E-state index contributed by atoms with van der Waals surface area (Å²) in [5, 5.41) is 7.17. The minimum atomic E-state index is -0.259. The van der Waals surface area contributed by atoms with Crippen molar-refractivity contribution in [1.29, 1.82) is 0 Å². The zero-order chi connectivity index (χ0) is 20.8. The Bertz CT molecular complexity index is 724. The minimum absolute atomic E-state index is 0. The molecule has 1 aliphatic carbocycles. The van der Waals surface area contributed by atoms with E-state index in [4.69, 9.17) is 4.74 Å². The van der Waals surface area contributed by atoms with Crippen LogP contribution in [0.5, 0.6) is 0 Å². The van der Waals surface area contributed by atoms with Gasteiger partial charge in [0.1, 0.15) is 0 Å². The Hall–Kier alpha value is -1.20. The highest BCUT2D eigenvalue weighted by Gasteiger charge is 2.38. The van der Waals surface area contributed by atoms with Crippen LogP contribution in [0, 0.1) is 5.82 Å². The van der Waals surface area contributed by atoms with Crippen LogP contribution in [-0.2, 0) is 4.74 Å². The number of nitrogens with one attached hydrogen (secondary N) is 2. The molecule has 4 rings (SSSR count). The lowest BCUT2D eigenvalue weighted by molar-refractivity contribution is -0.0352. The summed E-state index contributed by atoms with van der Waals surface area (Å²) in [7, 11) is 1.82. The number of pyridine rings is 1. The molecular weight excluding hydrogens is 510 g/mol. The third kappa shape index (κ3) is 5.98. The highest BCUT2D eigenvalue weighted by molar-refractivity contribution is 14.0. The lowest BCUT2D eigenvalue weighted by atomic mass is 9.80. The van der Waals surface area contributed by atoms with Crippen molar-refractivity contribution in [2.75, 3.05) is 57.9 Å². The zero-order valence-electron chi connectivity index (χ0n) is 18.5. The molecule has 2 saturated heterocycles. The first kappa shape index (κ1) is 24.4. The molecule has 3 aliphatic rings. The Balaban J connectivity index is 0.00000272. The fraction of sp³-hybridized carbons (Fsp3) is 0.727. The number of morpholine rings is 1. The molecule has 3 heterocycles. The monoisotopic (exact) mass is 546 g/mol. The van der Waals surface area contributed by atoms with Crippen LogP contribution in [0.25, 0.3) is 0 Å². The average Bonchev–Trinajstić information content (AvgIpc) is 3.26. The molecule has 9 heteroatoms. The Morgan fingerprint density at radius 2 is 2.03 bits per heavy atom. The van der Waals surface area contributed by atoms with E-state index in [0.717, 1.165) is 58.3 Å². The fourth-order valence-corrected chi connectivity index (χ4v) is 5.17. The van der Waals surface area contributed by atoms with Crippen LogP contribution < -0.4 is 15.5 Å². The molecule has 7 nitrogen and oxygen atoms in total. The Morgan fingerprint density at radius 3 is 2.74 bits per heavy atom. The Kier molecular flexibility index (Phi) is 9.15. The van der Waals surface area contributed by atoms with Crippen LogP contribution in [-0.4, -0.2) is 80.4 Å². The van der Waals surface area contributed by atoms with Gasteiger partial charge < -0.3 is 20.3 Å². The largest absolute Gasteiger partial charge is 0.379 e. The van der Waals surface area contributed by atoms with Crippen LogP contribution >= 0.6 is 24.0 Å². The maximum Gasteiger partial charge on any atom is 0.191 e. The molecule has 1 aromatic heterocycles. The number of nitrogens with zero attached hydrogens (tertiary/aromatic N) is 4. The van der Waals surface area contributed by atoms with Crippen molar-refractivity contribution >= 4 is 35.8 Å². The second-order valence-electron chi connectivity index (χ2n) is 8.69. The van der Waals surface area contributed by atoms with Crippen molar-refractivity contribution in [3.8, 4) is 0 Å². The number of rotatable bonds is 5. The molecule has 0 spiro atoms. The van der Waals surface area contributed by atoms with Gasteiger partial charge in [0.25, 0.3) is 0 Å². The van der Waals surface area contributed by atoms with E-state index in [1.54, 1.807) is 12.3 Å². The number of ether oxygens (including phenoxy) is 1. The molecule has 0 amide bonds. The lowest BCUT2D eigenvalue weighted by Gasteiger charge is -2.48. The SMILES string of the molecule is CN=C(NCC1(N2CCOCC2)CCCCC1)NC1CCN(c2ncccc2F)C1.I. The minimum Gasteiger partial charge on any atom is -0.379 e. The quantitative estimate of drug-likeness (QED) is 0.337. The maximum atomic E-state index is 14.1. The smallest absolute Gasteiger partial charge is 0.191 e. The predicted molar refractivity (Wildman–Crippen MR) is 133 cm³/mol. The summed E-state index contributed by atoms with van der Waals surface area (Å²) in [4.78, 5) is 13.3. The van der Waals surface area contributed by atoms with Gasteiger partial charge in [0.15, 0.2) is 17.6 Å². The van der Waals surface area contributed by atoms with Crippen molar-refractivity contribution in [3.05, 3.63) is 24.1 Å². The normalized spacial score (nSPS) is 24.5. The van der Waals surface area contributed by atoms with E-state index < -0.39 is 0 Å². The maximum absolute atomic E-state index is 14.1. The second-order valence-corrected chi connectivity index (χ2v) is 8.69. The number of guanidine groups is 1. The second kappa shape index (κ2) is 11.6. The van der Waals surface area contributed by atoms with E-state index in [-0.39, 0.29) is 41.4 Å². The highest BCUT2D eigenvalue weighted by atomic mass is 127. The molecule has 1 saturated carbocycles. The zero-order valence-corrected chi connectivity index (χ0v) is 20.8. The van der Waals surface area contributed by atoms with Crippen LogP contribution in [0.4, 0.5) is 10.2 Å². The van der Waals surface area contributed by atoms with Gasteiger partial charge in [-0.05, 0) is 31.4 Å².